The normalized spacial score (nSPS) is 18.8. The molecule has 1 aromatic rings. The molecule has 0 unspecified atom stereocenters. The van der Waals surface area contributed by atoms with Gasteiger partial charge in [-0.2, -0.15) is 0 Å². The number of benzene rings is 1. The molecule has 0 aromatic heterocycles. The Kier molecular flexibility index (Phi) is 1.70. The van der Waals surface area contributed by atoms with E-state index >= 15 is 0 Å². The predicted molar refractivity (Wildman–Crippen MR) is 51.0 cm³/mol. The maximum atomic E-state index is 13.3. The lowest BCUT2D eigenvalue weighted by molar-refractivity contribution is 0.605. The number of rotatable bonds is 1. The molecular weight excluding hydrogens is 165 g/mol. The number of hydrogen-bond acceptors (Lipinski definition) is 1. The molecule has 13 heavy (non-hydrogen) atoms. The van der Waals surface area contributed by atoms with Gasteiger partial charge in [-0.1, -0.05) is 6.07 Å². The highest BCUT2D eigenvalue weighted by Gasteiger charge is 2.42. The molecule has 1 nitrogen and oxygen atoms in total. The summed E-state index contributed by atoms with van der Waals surface area (Å²) in [6, 6.07) is 3.32. The molecule has 0 amide bonds. The average Bonchev–Trinajstić information content (AvgIpc) is 2.78. The number of nitrogens with two attached hydrogens (primary N) is 1. The van der Waals surface area contributed by atoms with Gasteiger partial charge in [0.05, 0.1) is 0 Å². The summed E-state index contributed by atoms with van der Waals surface area (Å²) >= 11 is 0. The summed E-state index contributed by atoms with van der Waals surface area (Å²) in [5, 5.41) is 0. The van der Waals surface area contributed by atoms with Crippen LogP contribution >= 0.6 is 0 Å². The van der Waals surface area contributed by atoms with Crippen molar-refractivity contribution in [3.05, 3.63) is 34.6 Å². The standard InChI is InChI=1S/C11H14FN/c1-7-3-4-9(12)8(2)10(7)11(13)5-6-11/h3-4H,5-6,13H2,1-2H3. The van der Waals surface area contributed by atoms with Gasteiger partial charge in [-0.15, -0.1) is 0 Å². The first kappa shape index (κ1) is 8.70. The van der Waals surface area contributed by atoms with Gasteiger partial charge in [0, 0.05) is 5.54 Å². The molecule has 0 bridgehead atoms. The largest absolute Gasteiger partial charge is 0.321 e. The second kappa shape index (κ2) is 2.55. The monoisotopic (exact) mass is 179 g/mol. The van der Waals surface area contributed by atoms with Gasteiger partial charge < -0.3 is 5.73 Å². The summed E-state index contributed by atoms with van der Waals surface area (Å²) < 4.78 is 13.3. The minimum Gasteiger partial charge on any atom is -0.321 e. The fourth-order valence-electron chi connectivity index (χ4n) is 1.97. The van der Waals surface area contributed by atoms with E-state index in [1.165, 1.54) is 6.07 Å². The lowest BCUT2D eigenvalue weighted by Crippen LogP contribution is -2.22. The Labute approximate surface area is 77.8 Å². The zero-order chi connectivity index (χ0) is 9.64. The van der Waals surface area contributed by atoms with E-state index in [-0.39, 0.29) is 11.4 Å². The average molecular weight is 179 g/mol. The van der Waals surface area contributed by atoms with Crippen LogP contribution in [0.3, 0.4) is 0 Å². The highest BCUT2D eigenvalue weighted by molar-refractivity contribution is 5.43. The third kappa shape index (κ3) is 1.25. The molecule has 70 valence electrons. The van der Waals surface area contributed by atoms with Crippen LogP contribution < -0.4 is 5.73 Å². The molecule has 0 radical (unpaired) electrons. The van der Waals surface area contributed by atoms with E-state index in [0.29, 0.717) is 0 Å². The summed E-state index contributed by atoms with van der Waals surface area (Å²) in [5.41, 5.74) is 8.70. The number of halogens is 1. The van der Waals surface area contributed by atoms with Gasteiger partial charge >= 0.3 is 0 Å². The molecule has 0 spiro atoms. The van der Waals surface area contributed by atoms with Gasteiger partial charge in [0.15, 0.2) is 0 Å². The Morgan fingerprint density at radius 3 is 2.46 bits per heavy atom. The van der Waals surface area contributed by atoms with E-state index in [2.05, 4.69) is 0 Å². The molecule has 1 fully saturated rings. The molecule has 1 aliphatic carbocycles. The zero-order valence-electron chi connectivity index (χ0n) is 8.02. The SMILES string of the molecule is Cc1ccc(F)c(C)c1C1(N)CC1. The van der Waals surface area contributed by atoms with Crippen LogP contribution in [0.15, 0.2) is 12.1 Å². The van der Waals surface area contributed by atoms with Crippen LogP contribution in [-0.2, 0) is 5.54 Å². The van der Waals surface area contributed by atoms with Crippen molar-refractivity contribution in [2.24, 2.45) is 5.73 Å². The van der Waals surface area contributed by atoms with E-state index < -0.39 is 0 Å². The van der Waals surface area contributed by atoms with E-state index in [1.54, 1.807) is 0 Å². The molecule has 2 N–H and O–H groups in total. The third-order valence-electron chi connectivity index (χ3n) is 2.89. The summed E-state index contributed by atoms with van der Waals surface area (Å²) in [7, 11) is 0. The minimum atomic E-state index is -0.226. The Morgan fingerprint density at radius 1 is 1.31 bits per heavy atom. The van der Waals surface area contributed by atoms with Crippen molar-refractivity contribution in [1.82, 2.24) is 0 Å². The topological polar surface area (TPSA) is 26.0 Å². The highest BCUT2D eigenvalue weighted by Crippen LogP contribution is 2.45. The Bertz CT molecular complexity index is 353. The van der Waals surface area contributed by atoms with Crippen LogP contribution in [0.25, 0.3) is 0 Å². The molecule has 0 aliphatic heterocycles. The molecule has 1 aliphatic rings. The fourth-order valence-corrected chi connectivity index (χ4v) is 1.97. The van der Waals surface area contributed by atoms with Crippen LogP contribution in [-0.4, -0.2) is 0 Å². The maximum absolute atomic E-state index is 13.3. The predicted octanol–water partition coefficient (Wildman–Crippen LogP) is 2.39. The molecule has 2 heteroatoms. The van der Waals surface area contributed by atoms with Gasteiger partial charge in [0.2, 0.25) is 0 Å². The fraction of sp³-hybridized carbons (Fsp3) is 0.455. The zero-order valence-corrected chi connectivity index (χ0v) is 8.02. The van der Waals surface area contributed by atoms with Gasteiger partial charge in [0.1, 0.15) is 5.82 Å². The smallest absolute Gasteiger partial charge is 0.126 e. The summed E-state index contributed by atoms with van der Waals surface area (Å²) in [4.78, 5) is 0. The molecule has 2 rings (SSSR count). The number of aryl methyl sites for hydroxylation is 1. The molecule has 0 saturated heterocycles. The van der Waals surface area contributed by atoms with Crippen molar-refractivity contribution in [3.63, 3.8) is 0 Å². The molecular formula is C11H14FN. The lowest BCUT2D eigenvalue weighted by Gasteiger charge is -2.16. The van der Waals surface area contributed by atoms with Gasteiger partial charge in [-0.25, -0.2) is 4.39 Å². The maximum Gasteiger partial charge on any atom is 0.126 e. The molecule has 1 saturated carbocycles. The summed E-state index contributed by atoms with van der Waals surface area (Å²) in [6.45, 7) is 3.80. The van der Waals surface area contributed by atoms with Gasteiger partial charge in [0.25, 0.3) is 0 Å². The van der Waals surface area contributed by atoms with Crippen molar-refractivity contribution in [2.75, 3.05) is 0 Å². The van der Waals surface area contributed by atoms with Gasteiger partial charge in [-0.05, 0) is 49.4 Å². The molecule has 0 atom stereocenters. The van der Waals surface area contributed by atoms with Crippen LogP contribution in [0, 0.1) is 19.7 Å². The van der Waals surface area contributed by atoms with Gasteiger partial charge in [-0.3, -0.25) is 0 Å². The lowest BCUT2D eigenvalue weighted by atomic mass is 9.94. The van der Waals surface area contributed by atoms with Crippen molar-refractivity contribution in [1.29, 1.82) is 0 Å². The first-order chi connectivity index (χ1) is 6.04. The van der Waals surface area contributed by atoms with Crippen molar-refractivity contribution in [3.8, 4) is 0 Å². The quantitative estimate of drug-likeness (QED) is 0.703. The second-order valence-corrected chi connectivity index (χ2v) is 4.02. The first-order valence-electron chi connectivity index (χ1n) is 4.60. The van der Waals surface area contributed by atoms with Crippen molar-refractivity contribution >= 4 is 0 Å². The van der Waals surface area contributed by atoms with Crippen molar-refractivity contribution in [2.45, 2.75) is 32.2 Å². The molecule has 0 heterocycles. The van der Waals surface area contributed by atoms with E-state index in [0.717, 1.165) is 29.5 Å². The summed E-state index contributed by atoms with van der Waals surface area (Å²) in [5.74, 6) is -0.141. The minimum absolute atomic E-state index is 0.141. The third-order valence-corrected chi connectivity index (χ3v) is 2.89. The van der Waals surface area contributed by atoms with Crippen LogP contribution in [0.2, 0.25) is 0 Å². The molecule has 1 aromatic carbocycles. The van der Waals surface area contributed by atoms with Crippen molar-refractivity contribution < 1.29 is 4.39 Å². The summed E-state index contributed by atoms with van der Waals surface area (Å²) in [6.07, 6.45) is 1.97. The number of hydrogen-bond donors (Lipinski definition) is 1. The Balaban J connectivity index is 2.61. The van der Waals surface area contributed by atoms with Crippen LogP contribution in [0.1, 0.15) is 29.5 Å². The second-order valence-electron chi connectivity index (χ2n) is 4.02. The van der Waals surface area contributed by atoms with E-state index in [9.17, 15) is 4.39 Å². The Hall–Kier alpha value is -0.890. The van der Waals surface area contributed by atoms with Crippen LogP contribution in [0.4, 0.5) is 4.39 Å². The van der Waals surface area contributed by atoms with E-state index in [1.807, 2.05) is 19.9 Å². The Morgan fingerprint density at radius 2 is 1.92 bits per heavy atom. The van der Waals surface area contributed by atoms with Crippen LogP contribution in [0.5, 0.6) is 0 Å². The highest BCUT2D eigenvalue weighted by atomic mass is 19.1. The van der Waals surface area contributed by atoms with E-state index in [4.69, 9.17) is 5.73 Å². The first-order valence-corrected chi connectivity index (χ1v) is 4.60.